The van der Waals surface area contributed by atoms with Crippen molar-refractivity contribution in [2.24, 2.45) is 0 Å². The molecule has 1 saturated heterocycles. The quantitative estimate of drug-likeness (QED) is 0.441. The van der Waals surface area contributed by atoms with Crippen LogP contribution in [0, 0.1) is 12.7 Å². The van der Waals surface area contributed by atoms with Crippen molar-refractivity contribution < 1.29 is 9.18 Å². The van der Waals surface area contributed by atoms with Crippen molar-refractivity contribution in [1.82, 2.24) is 9.88 Å². The minimum Gasteiger partial charge on any atom is -0.307 e. The number of carbonyl (C=O) groups is 1. The van der Waals surface area contributed by atoms with Crippen LogP contribution in [0.4, 0.5) is 10.1 Å². The van der Waals surface area contributed by atoms with Gasteiger partial charge in [0.2, 0.25) is 0 Å². The van der Waals surface area contributed by atoms with E-state index in [0.717, 1.165) is 38.2 Å². The topological polar surface area (TPSA) is 36.4 Å². The van der Waals surface area contributed by atoms with Gasteiger partial charge in [0.05, 0.1) is 0 Å². The van der Waals surface area contributed by atoms with Gasteiger partial charge in [-0.1, -0.05) is 59.6 Å². The van der Waals surface area contributed by atoms with Crippen molar-refractivity contribution in [2.75, 3.05) is 31.1 Å². The third-order valence-corrected chi connectivity index (χ3v) is 7.28. The molecule has 0 saturated carbocycles. The zero-order valence-corrected chi connectivity index (χ0v) is 19.9. The average Bonchev–Trinajstić information content (AvgIpc) is 3.14. The number of fused-ring (bicyclic) bond motifs is 2. The van der Waals surface area contributed by atoms with Gasteiger partial charge in [0.15, 0.2) is 0 Å². The van der Waals surface area contributed by atoms with Crippen molar-refractivity contribution in [2.45, 2.75) is 25.2 Å². The predicted molar refractivity (Wildman–Crippen MR) is 135 cm³/mol. The number of nitrogens with zero attached hydrogens (tertiary/aromatic N) is 3. The number of aryl methyl sites for hydroxylation is 1. The smallest absolute Gasteiger partial charge is 0.258 e. The molecule has 2 aliphatic heterocycles. The van der Waals surface area contributed by atoms with Crippen LogP contribution in [-0.2, 0) is 5.41 Å². The van der Waals surface area contributed by atoms with Crippen LogP contribution in [0.2, 0.25) is 5.15 Å². The van der Waals surface area contributed by atoms with Crippen LogP contribution in [0.25, 0.3) is 6.08 Å². The van der Waals surface area contributed by atoms with Gasteiger partial charge in [-0.15, -0.1) is 0 Å². The normalized spacial score (nSPS) is 17.4. The minimum absolute atomic E-state index is 0.0403. The summed E-state index contributed by atoms with van der Waals surface area (Å²) in [6.07, 6.45) is 7.40. The number of anilines is 1. The number of aromatic nitrogens is 1. The van der Waals surface area contributed by atoms with E-state index in [1.54, 1.807) is 30.5 Å². The van der Waals surface area contributed by atoms with Gasteiger partial charge in [0.25, 0.3) is 5.91 Å². The first-order valence-corrected chi connectivity index (χ1v) is 12.0. The van der Waals surface area contributed by atoms with E-state index in [1.807, 2.05) is 23.1 Å². The summed E-state index contributed by atoms with van der Waals surface area (Å²) >= 11 is 6.05. The van der Waals surface area contributed by atoms with Crippen LogP contribution in [0.1, 0.15) is 39.9 Å². The molecule has 0 N–H and O–H groups in total. The molecular weight excluding hydrogens is 449 g/mol. The Kier molecular flexibility index (Phi) is 6.24. The number of amides is 1. The molecule has 2 aliphatic rings. The van der Waals surface area contributed by atoms with Crippen LogP contribution >= 0.6 is 11.6 Å². The van der Waals surface area contributed by atoms with Gasteiger partial charge in [-0.2, -0.15) is 0 Å². The number of benzene rings is 2. The zero-order valence-electron chi connectivity index (χ0n) is 19.2. The number of rotatable bonds is 4. The first kappa shape index (κ1) is 22.8. The SMILES string of the molecule is Cc1ccc2c(c1)C1(CCN(CC=Cc3ccccc3F)CC1)CN2C(=O)c1ccnc(Cl)c1. The molecule has 3 heterocycles. The van der Waals surface area contributed by atoms with E-state index in [0.29, 0.717) is 22.8 Å². The maximum absolute atomic E-state index is 13.9. The van der Waals surface area contributed by atoms with Crippen LogP contribution in [0.5, 0.6) is 0 Å². The van der Waals surface area contributed by atoms with Crippen LogP contribution in [0.3, 0.4) is 0 Å². The highest BCUT2D eigenvalue weighted by molar-refractivity contribution is 6.29. The van der Waals surface area contributed by atoms with Gasteiger partial charge >= 0.3 is 0 Å². The Morgan fingerprint density at radius 3 is 2.71 bits per heavy atom. The number of halogens is 2. The molecule has 0 aliphatic carbocycles. The van der Waals surface area contributed by atoms with E-state index in [-0.39, 0.29) is 17.1 Å². The van der Waals surface area contributed by atoms with Gasteiger partial charge in [-0.3, -0.25) is 9.69 Å². The second kappa shape index (κ2) is 9.32. The van der Waals surface area contributed by atoms with E-state index < -0.39 is 0 Å². The molecule has 0 radical (unpaired) electrons. The van der Waals surface area contributed by atoms with Gasteiger partial charge in [0, 0.05) is 41.5 Å². The molecule has 0 unspecified atom stereocenters. The second-order valence-electron chi connectivity index (χ2n) is 9.28. The van der Waals surface area contributed by atoms with Gasteiger partial charge in [0.1, 0.15) is 11.0 Å². The van der Waals surface area contributed by atoms with Gasteiger partial charge in [-0.05, 0) is 62.7 Å². The molecule has 34 heavy (non-hydrogen) atoms. The highest BCUT2D eigenvalue weighted by Crippen LogP contribution is 2.47. The van der Waals surface area contributed by atoms with E-state index in [2.05, 4.69) is 35.0 Å². The summed E-state index contributed by atoms with van der Waals surface area (Å²) in [4.78, 5) is 21.7. The van der Waals surface area contributed by atoms with E-state index in [9.17, 15) is 9.18 Å². The zero-order chi connectivity index (χ0) is 23.7. The summed E-state index contributed by atoms with van der Waals surface area (Å²) < 4.78 is 13.9. The molecule has 1 aromatic heterocycles. The van der Waals surface area contributed by atoms with Gasteiger partial charge < -0.3 is 4.90 Å². The number of piperidine rings is 1. The van der Waals surface area contributed by atoms with E-state index in [1.165, 1.54) is 17.2 Å². The molecule has 0 bridgehead atoms. The Balaban J connectivity index is 1.33. The van der Waals surface area contributed by atoms with Crippen molar-refractivity contribution in [3.63, 3.8) is 0 Å². The van der Waals surface area contributed by atoms with Gasteiger partial charge in [-0.25, -0.2) is 9.37 Å². The average molecular weight is 476 g/mol. The molecule has 1 spiro atoms. The Labute approximate surface area is 204 Å². The number of carbonyl (C=O) groups excluding carboxylic acids is 1. The minimum atomic E-state index is -0.200. The fourth-order valence-electron chi connectivity index (χ4n) is 5.19. The number of likely N-dealkylation sites (tertiary alicyclic amines) is 1. The molecule has 1 fully saturated rings. The number of hydrogen-bond acceptors (Lipinski definition) is 3. The molecule has 5 rings (SSSR count). The first-order chi connectivity index (χ1) is 16.4. The van der Waals surface area contributed by atoms with Crippen molar-refractivity contribution in [3.05, 3.63) is 100 Å². The summed E-state index contributed by atoms with van der Waals surface area (Å²) in [6.45, 7) is 5.41. The first-order valence-electron chi connectivity index (χ1n) is 11.6. The Hall–Kier alpha value is -3.02. The molecule has 0 atom stereocenters. The van der Waals surface area contributed by atoms with Crippen LogP contribution in [0.15, 0.2) is 66.9 Å². The highest BCUT2D eigenvalue weighted by atomic mass is 35.5. The lowest BCUT2D eigenvalue weighted by Crippen LogP contribution is -2.46. The van der Waals surface area contributed by atoms with Crippen molar-refractivity contribution >= 4 is 29.3 Å². The largest absolute Gasteiger partial charge is 0.307 e. The predicted octanol–water partition coefficient (Wildman–Crippen LogP) is 5.89. The monoisotopic (exact) mass is 475 g/mol. The summed E-state index contributed by atoms with van der Waals surface area (Å²) in [7, 11) is 0. The second-order valence-corrected chi connectivity index (χ2v) is 9.67. The van der Waals surface area contributed by atoms with Crippen molar-refractivity contribution in [3.8, 4) is 0 Å². The standard InChI is InChI=1S/C28H27ClFN3O/c1-20-8-9-25-23(17-20)28(19-33(25)27(34)22-10-13-31-26(29)18-22)11-15-32(16-12-28)14-4-6-21-5-2-3-7-24(21)30/h2-10,13,17-18H,11-12,14-16,19H2,1H3. The Morgan fingerprint density at radius 1 is 1.15 bits per heavy atom. The molecule has 3 aromatic rings. The summed E-state index contributed by atoms with van der Waals surface area (Å²) in [6, 6.07) is 16.6. The summed E-state index contributed by atoms with van der Waals surface area (Å²) in [5.74, 6) is -0.240. The lowest BCUT2D eigenvalue weighted by Gasteiger charge is -2.39. The number of hydrogen-bond donors (Lipinski definition) is 0. The van der Waals surface area contributed by atoms with Crippen LogP contribution in [-0.4, -0.2) is 42.0 Å². The van der Waals surface area contributed by atoms with Crippen LogP contribution < -0.4 is 4.90 Å². The summed E-state index contributed by atoms with van der Waals surface area (Å²) in [5.41, 5.74) is 4.58. The molecule has 174 valence electrons. The Bertz CT molecular complexity index is 1250. The molecular formula is C28H27ClFN3O. The fraction of sp³-hybridized carbons (Fsp3) is 0.286. The number of pyridine rings is 1. The fourth-order valence-corrected chi connectivity index (χ4v) is 5.36. The lowest BCUT2D eigenvalue weighted by atomic mass is 9.74. The van der Waals surface area contributed by atoms with E-state index in [4.69, 9.17) is 11.6 Å². The maximum atomic E-state index is 13.9. The third kappa shape index (κ3) is 4.38. The molecule has 2 aromatic carbocycles. The van der Waals surface area contributed by atoms with Crippen molar-refractivity contribution in [1.29, 1.82) is 0 Å². The molecule has 4 nitrogen and oxygen atoms in total. The highest BCUT2D eigenvalue weighted by Gasteiger charge is 2.46. The third-order valence-electron chi connectivity index (χ3n) is 7.07. The van der Waals surface area contributed by atoms with E-state index >= 15 is 0 Å². The summed E-state index contributed by atoms with van der Waals surface area (Å²) in [5, 5.41) is 0.320. The molecule has 6 heteroatoms. The Morgan fingerprint density at radius 2 is 1.94 bits per heavy atom. The lowest BCUT2D eigenvalue weighted by molar-refractivity contribution is 0.0977. The maximum Gasteiger partial charge on any atom is 0.258 e. The molecule has 1 amide bonds.